The van der Waals surface area contributed by atoms with Crippen LogP contribution in [0.3, 0.4) is 0 Å². The third-order valence-electron chi connectivity index (χ3n) is 3.12. The van der Waals surface area contributed by atoms with Crippen LogP contribution < -0.4 is 5.32 Å². The van der Waals surface area contributed by atoms with Crippen molar-refractivity contribution in [3.63, 3.8) is 0 Å². The van der Waals surface area contributed by atoms with Crippen LogP contribution in [0.1, 0.15) is 28.9 Å². The van der Waals surface area contributed by atoms with Crippen molar-refractivity contribution in [3.8, 4) is 6.07 Å². The summed E-state index contributed by atoms with van der Waals surface area (Å²) in [6.45, 7) is 1.91. The molecule has 0 saturated heterocycles. The number of carbonyl (C=O) groups is 1. The van der Waals surface area contributed by atoms with Crippen molar-refractivity contribution in [1.82, 2.24) is 5.32 Å². The van der Waals surface area contributed by atoms with Gasteiger partial charge >= 0.3 is 0 Å². The Morgan fingerprint density at radius 1 is 1.32 bits per heavy atom. The van der Waals surface area contributed by atoms with Gasteiger partial charge in [-0.3, -0.25) is 4.79 Å². The fourth-order valence-electron chi connectivity index (χ4n) is 2.02. The molecule has 112 valence electrons. The Balaban J connectivity index is 2.14. The third kappa shape index (κ3) is 4.27. The van der Waals surface area contributed by atoms with Gasteiger partial charge in [-0.1, -0.05) is 35.9 Å². The van der Waals surface area contributed by atoms with E-state index in [9.17, 15) is 4.79 Å². The number of thioether (sulfide) groups is 1. The first-order valence-corrected chi connectivity index (χ1v) is 8.13. The van der Waals surface area contributed by atoms with Gasteiger partial charge in [-0.15, -0.1) is 11.8 Å². The molecule has 0 aliphatic rings. The summed E-state index contributed by atoms with van der Waals surface area (Å²) < 4.78 is 0. The Labute approximate surface area is 139 Å². The number of hydrogen-bond donors (Lipinski definition) is 1. The first kappa shape index (κ1) is 16.4. The molecule has 0 aliphatic carbocycles. The second-order valence-corrected chi connectivity index (χ2v) is 6.15. The second-order valence-electron chi connectivity index (χ2n) is 4.69. The first-order chi connectivity index (χ1) is 10.6. The van der Waals surface area contributed by atoms with Gasteiger partial charge in [0, 0.05) is 9.92 Å². The van der Waals surface area contributed by atoms with E-state index in [2.05, 4.69) is 11.4 Å². The summed E-state index contributed by atoms with van der Waals surface area (Å²) in [5, 5.41) is 12.3. The van der Waals surface area contributed by atoms with Crippen molar-refractivity contribution < 1.29 is 4.79 Å². The Morgan fingerprint density at radius 2 is 2.09 bits per heavy atom. The van der Waals surface area contributed by atoms with E-state index in [4.69, 9.17) is 16.9 Å². The highest BCUT2D eigenvalue weighted by Gasteiger charge is 2.15. The molecule has 0 saturated carbocycles. The van der Waals surface area contributed by atoms with Crippen molar-refractivity contribution in [1.29, 1.82) is 5.26 Å². The molecule has 1 amide bonds. The highest BCUT2D eigenvalue weighted by Crippen LogP contribution is 2.23. The lowest BCUT2D eigenvalue weighted by Gasteiger charge is -2.16. The summed E-state index contributed by atoms with van der Waals surface area (Å²) >= 11 is 7.34. The molecule has 1 atom stereocenters. The molecule has 2 aromatic rings. The fourth-order valence-corrected chi connectivity index (χ4v) is 2.93. The maximum atomic E-state index is 12.5. The van der Waals surface area contributed by atoms with E-state index < -0.39 is 0 Å². The average Bonchev–Trinajstić information content (AvgIpc) is 2.53. The topological polar surface area (TPSA) is 52.9 Å². The molecule has 0 heterocycles. The molecule has 0 spiro atoms. The van der Waals surface area contributed by atoms with Crippen molar-refractivity contribution in [2.45, 2.75) is 17.9 Å². The van der Waals surface area contributed by atoms with Gasteiger partial charge in [0.25, 0.3) is 5.91 Å². The Kier molecular flexibility index (Phi) is 5.88. The maximum absolute atomic E-state index is 12.5. The summed E-state index contributed by atoms with van der Waals surface area (Å²) in [5.74, 6) is 0.155. The summed E-state index contributed by atoms with van der Waals surface area (Å²) in [6.07, 6.45) is 0. The van der Waals surface area contributed by atoms with E-state index in [1.54, 1.807) is 12.1 Å². The number of benzene rings is 2. The van der Waals surface area contributed by atoms with Crippen LogP contribution in [-0.2, 0) is 0 Å². The minimum Gasteiger partial charge on any atom is -0.345 e. The maximum Gasteiger partial charge on any atom is 0.252 e. The van der Waals surface area contributed by atoms with Gasteiger partial charge in [-0.2, -0.15) is 5.26 Å². The number of amides is 1. The van der Waals surface area contributed by atoms with Gasteiger partial charge in [0.05, 0.1) is 23.4 Å². The number of halogens is 1. The van der Waals surface area contributed by atoms with Gasteiger partial charge in [0.15, 0.2) is 0 Å². The normalized spacial score (nSPS) is 11.5. The summed E-state index contributed by atoms with van der Waals surface area (Å²) in [6, 6.07) is 16.6. The van der Waals surface area contributed by atoms with E-state index in [1.807, 2.05) is 43.3 Å². The summed E-state index contributed by atoms with van der Waals surface area (Å²) in [7, 11) is 0. The van der Waals surface area contributed by atoms with Crippen LogP contribution in [0.5, 0.6) is 0 Å². The Morgan fingerprint density at radius 3 is 2.82 bits per heavy atom. The predicted molar refractivity (Wildman–Crippen MR) is 90.1 cm³/mol. The minimum atomic E-state index is -0.159. The van der Waals surface area contributed by atoms with E-state index in [0.29, 0.717) is 16.3 Å². The molecular weight excluding hydrogens is 316 g/mol. The summed E-state index contributed by atoms with van der Waals surface area (Å²) in [5.41, 5.74) is 1.53. The van der Waals surface area contributed by atoms with Gasteiger partial charge in [-0.05, 0) is 36.8 Å². The molecule has 0 radical (unpaired) electrons. The fraction of sp³-hybridized carbons (Fsp3) is 0.176. The van der Waals surface area contributed by atoms with Crippen molar-refractivity contribution >= 4 is 29.3 Å². The molecule has 3 nitrogen and oxygen atoms in total. The Hall–Kier alpha value is -1.96. The van der Waals surface area contributed by atoms with E-state index >= 15 is 0 Å². The molecule has 22 heavy (non-hydrogen) atoms. The van der Waals surface area contributed by atoms with Crippen LogP contribution in [0.25, 0.3) is 0 Å². The number of nitrogens with zero attached hydrogens (tertiary/aromatic N) is 1. The van der Waals surface area contributed by atoms with Crippen LogP contribution in [0.4, 0.5) is 0 Å². The molecule has 0 unspecified atom stereocenters. The quantitative estimate of drug-likeness (QED) is 0.824. The van der Waals surface area contributed by atoms with Crippen molar-refractivity contribution in [3.05, 3.63) is 64.7 Å². The van der Waals surface area contributed by atoms with Gasteiger partial charge < -0.3 is 5.32 Å². The zero-order valence-electron chi connectivity index (χ0n) is 12.0. The lowest BCUT2D eigenvalue weighted by Crippen LogP contribution is -2.27. The Bertz CT molecular complexity index is 712. The zero-order chi connectivity index (χ0) is 15.9. The second kappa shape index (κ2) is 7.88. The van der Waals surface area contributed by atoms with Gasteiger partial charge in [-0.25, -0.2) is 0 Å². The smallest absolute Gasteiger partial charge is 0.252 e. The van der Waals surface area contributed by atoms with Crippen LogP contribution in [0, 0.1) is 11.3 Å². The standard InChI is InChI=1S/C17H15ClN2OS/c1-12(13-5-4-6-14(18)11-13)20-17(21)15-7-2-3-8-16(15)22-10-9-19/h2-8,11-12H,10H2,1H3,(H,20,21)/t12-/m1/s1. The number of carbonyl (C=O) groups excluding carboxylic acids is 1. The highest BCUT2D eigenvalue weighted by atomic mass is 35.5. The SMILES string of the molecule is C[C@@H](NC(=O)c1ccccc1SCC#N)c1cccc(Cl)c1. The van der Waals surface area contributed by atoms with Crippen LogP contribution in [0.2, 0.25) is 5.02 Å². The van der Waals surface area contributed by atoms with Crippen LogP contribution in [0.15, 0.2) is 53.4 Å². The van der Waals surface area contributed by atoms with Crippen molar-refractivity contribution in [2.24, 2.45) is 0 Å². The summed E-state index contributed by atoms with van der Waals surface area (Å²) in [4.78, 5) is 13.3. The van der Waals surface area contributed by atoms with Crippen LogP contribution in [-0.4, -0.2) is 11.7 Å². The first-order valence-electron chi connectivity index (χ1n) is 6.77. The molecule has 2 aromatic carbocycles. The number of hydrogen-bond acceptors (Lipinski definition) is 3. The van der Waals surface area contributed by atoms with E-state index in [1.165, 1.54) is 11.8 Å². The molecule has 0 fully saturated rings. The van der Waals surface area contributed by atoms with Crippen molar-refractivity contribution in [2.75, 3.05) is 5.75 Å². The third-order valence-corrected chi connectivity index (χ3v) is 4.30. The van der Waals surface area contributed by atoms with Gasteiger partial charge in [0.2, 0.25) is 0 Å². The molecular formula is C17H15ClN2OS. The van der Waals surface area contributed by atoms with E-state index in [-0.39, 0.29) is 11.9 Å². The number of nitriles is 1. The predicted octanol–water partition coefficient (Wildman–Crippen LogP) is 4.45. The lowest BCUT2D eigenvalue weighted by atomic mass is 10.1. The molecule has 0 aromatic heterocycles. The zero-order valence-corrected chi connectivity index (χ0v) is 13.6. The number of nitrogens with one attached hydrogen (secondary N) is 1. The highest BCUT2D eigenvalue weighted by molar-refractivity contribution is 7.99. The largest absolute Gasteiger partial charge is 0.345 e. The lowest BCUT2D eigenvalue weighted by molar-refractivity contribution is 0.0937. The molecule has 0 bridgehead atoms. The van der Waals surface area contributed by atoms with Gasteiger partial charge in [0.1, 0.15) is 0 Å². The molecule has 2 rings (SSSR count). The number of rotatable bonds is 5. The van der Waals surface area contributed by atoms with E-state index in [0.717, 1.165) is 10.5 Å². The molecule has 1 N–H and O–H groups in total. The van der Waals surface area contributed by atoms with Crippen LogP contribution >= 0.6 is 23.4 Å². The monoisotopic (exact) mass is 330 g/mol. The molecule has 0 aliphatic heterocycles. The minimum absolute atomic E-state index is 0.153. The molecule has 5 heteroatoms. The average molecular weight is 331 g/mol.